The standard InChI is InChI=1S/C15H20Cl2N2O2S/c16-12-7-13(17)9-15(8-12)22(20,21)19-5-3-14(4-6-19)18-10-11-1-2-11/h7-9,11,14,18H,1-6,10H2. The van der Waals surface area contributed by atoms with E-state index in [1.54, 1.807) is 0 Å². The molecular weight excluding hydrogens is 343 g/mol. The Balaban J connectivity index is 1.63. The van der Waals surface area contributed by atoms with Gasteiger partial charge in [0.1, 0.15) is 0 Å². The van der Waals surface area contributed by atoms with Crippen molar-refractivity contribution in [2.24, 2.45) is 5.92 Å². The number of nitrogens with zero attached hydrogens (tertiary/aromatic N) is 1. The van der Waals surface area contributed by atoms with Gasteiger partial charge in [0.05, 0.1) is 4.90 Å². The maximum absolute atomic E-state index is 12.7. The lowest BCUT2D eigenvalue weighted by molar-refractivity contribution is 0.288. The summed E-state index contributed by atoms with van der Waals surface area (Å²) in [5, 5.41) is 4.23. The average Bonchev–Trinajstić information content (AvgIpc) is 3.29. The third kappa shape index (κ3) is 3.95. The van der Waals surface area contributed by atoms with Crippen LogP contribution in [-0.4, -0.2) is 38.4 Å². The van der Waals surface area contributed by atoms with E-state index >= 15 is 0 Å². The molecule has 0 unspecified atom stereocenters. The van der Waals surface area contributed by atoms with E-state index in [2.05, 4.69) is 5.32 Å². The number of hydrogen-bond acceptors (Lipinski definition) is 3. The minimum atomic E-state index is -3.51. The van der Waals surface area contributed by atoms with Gasteiger partial charge in [-0.15, -0.1) is 0 Å². The highest BCUT2D eigenvalue weighted by Crippen LogP contribution is 2.29. The summed E-state index contributed by atoms with van der Waals surface area (Å²) in [6, 6.07) is 4.88. The third-order valence-corrected chi connectivity index (χ3v) is 6.63. The van der Waals surface area contributed by atoms with Gasteiger partial charge in [-0.1, -0.05) is 23.2 Å². The van der Waals surface area contributed by atoms with Crippen molar-refractivity contribution in [1.82, 2.24) is 9.62 Å². The summed E-state index contributed by atoms with van der Waals surface area (Å²) in [7, 11) is -3.51. The average molecular weight is 363 g/mol. The number of halogens is 2. The Hall–Kier alpha value is -0.330. The molecule has 0 radical (unpaired) electrons. The quantitative estimate of drug-likeness (QED) is 0.874. The fourth-order valence-corrected chi connectivity index (χ4v) is 4.98. The first-order chi connectivity index (χ1) is 10.4. The van der Waals surface area contributed by atoms with Gasteiger partial charge in [0.15, 0.2) is 0 Å². The highest BCUT2D eigenvalue weighted by atomic mass is 35.5. The van der Waals surface area contributed by atoms with Crippen molar-refractivity contribution in [3.63, 3.8) is 0 Å². The van der Waals surface area contributed by atoms with Crippen LogP contribution in [0.4, 0.5) is 0 Å². The molecule has 122 valence electrons. The van der Waals surface area contributed by atoms with E-state index in [1.807, 2.05) is 0 Å². The fourth-order valence-electron chi connectivity index (χ4n) is 2.78. The first-order valence-corrected chi connectivity index (χ1v) is 9.84. The zero-order valence-corrected chi connectivity index (χ0v) is 14.6. The van der Waals surface area contributed by atoms with Gasteiger partial charge in [0.25, 0.3) is 0 Å². The molecule has 0 bridgehead atoms. The molecule has 1 aromatic carbocycles. The van der Waals surface area contributed by atoms with Crippen LogP contribution in [0.5, 0.6) is 0 Å². The summed E-state index contributed by atoms with van der Waals surface area (Å²) in [4.78, 5) is 0.175. The third-order valence-electron chi connectivity index (χ3n) is 4.32. The van der Waals surface area contributed by atoms with E-state index in [4.69, 9.17) is 23.2 Å². The Morgan fingerprint density at radius 3 is 2.18 bits per heavy atom. The van der Waals surface area contributed by atoms with Crippen LogP contribution in [0.2, 0.25) is 10.0 Å². The first kappa shape index (κ1) is 16.5. The van der Waals surface area contributed by atoms with Crippen LogP contribution in [0.15, 0.2) is 23.1 Å². The molecule has 0 aromatic heterocycles. The molecule has 0 atom stereocenters. The molecule has 3 rings (SSSR count). The number of sulfonamides is 1. The molecule has 1 N–H and O–H groups in total. The lowest BCUT2D eigenvalue weighted by atomic mass is 10.1. The Labute approximate surface area is 141 Å². The molecule has 1 aliphatic carbocycles. The molecule has 1 aromatic rings. The number of hydrogen-bond donors (Lipinski definition) is 1. The van der Waals surface area contributed by atoms with Crippen molar-refractivity contribution >= 4 is 33.2 Å². The summed E-state index contributed by atoms with van der Waals surface area (Å²) >= 11 is 11.8. The predicted octanol–water partition coefficient (Wildman–Crippen LogP) is 3.15. The molecule has 0 amide bonds. The number of benzene rings is 1. The number of nitrogens with one attached hydrogen (secondary N) is 1. The van der Waals surface area contributed by atoms with E-state index < -0.39 is 10.0 Å². The van der Waals surface area contributed by atoms with Gasteiger partial charge < -0.3 is 5.32 Å². The SMILES string of the molecule is O=S(=O)(c1cc(Cl)cc(Cl)c1)N1CCC(NCC2CC2)CC1. The molecule has 1 aliphatic heterocycles. The molecule has 22 heavy (non-hydrogen) atoms. The Kier molecular flexibility index (Phi) is 5.00. The molecule has 0 spiro atoms. The Morgan fingerprint density at radius 1 is 1.05 bits per heavy atom. The highest BCUT2D eigenvalue weighted by Gasteiger charge is 2.30. The van der Waals surface area contributed by atoms with Crippen molar-refractivity contribution in [3.05, 3.63) is 28.2 Å². The minimum absolute atomic E-state index is 0.175. The molecule has 7 heteroatoms. The molecule has 1 saturated heterocycles. The predicted molar refractivity (Wildman–Crippen MR) is 89.0 cm³/mol. The van der Waals surface area contributed by atoms with E-state index in [1.165, 1.54) is 35.3 Å². The topological polar surface area (TPSA) is 49.4 Å². The maximum Gasteiger partial charge on any atom is 0.243 e. The maximum atomic E-state index is 12.7. The van der Waals surface area contributed by atoms with E-state index in [0.717, 1.165) is 25.3 Å². The molecule has 2 aliphatic rings. The number of piperidine rings is 1. The van der Waals surface area contributed by atoms with E-state index in [9.17, 15) is 8.42 Å². The summed E-state index contributed by atoms with van der Waals surface area (Å²) in [6.07, 6.45) is 4.35. The summed E-state index contributed by atoms with van der Waals surface area (Å²) < 4.78 is 26.9. The van der Waals surface area contributed by atoms with Gasteiger partial charge >= 0.3 is 0 Å². The molecular formula is C15H20Cl2N2O2S. The lowest BCUT2D eigenvalue weighted by Gasteiger charge is -2.31. The normalized spacial score (nSPS) is 21.2. The fraction of sp³-hybridized carbons (Fsp3) is 0.600. The number of rotatable bonds is 5. The van der Waals surface area contributed by atoms with Crippen LogP contribution >= 0.6 is 23.2 Å². The van der Waals surface area contributed by atoms with Crippen LogP contribution in [0.1, 0.15) is 25.7 Å². The molecule has 4 nitrogen and oxygen atoms in total. The van der Waals surface area contributed by atoms with Crippen molar-refractivity contribution in [2.45, 2.75) is 36.6 Å². The smallest absolute Gasteiger partial charge is 0.243 e. The summed E-state index contributed by atoms with van der Waals surface area (Å²) in [5.74, 6) is 0.843. The second kappa shape index (κ2) is 6.65. The highest BCUT2D eigenvalue weighted by molar-refractivity contribution is 7.89. The second-order valence-electron chi connectivity index (χ2n) is 6.14. The Bertz CT molecular complexity index is 619. The van der Waals surface area contributed by atoms with Gasteiger partial charge in [-0.25, -0.2) is 8.42 Å². The first-order valence-electron chi connectivity index (χ1n) is 7.65. The molecule has 1 saturated carbocycles. The lowest BCUT2D eigenvalue weighted by Crippen LogP contribution is -2.45. The van der Waals surface area contributed by atoms with Gasteiger partial charge in [-0.2, -0.15) is 4.31 Å². The van der Waals surface area contributed by atoms with Gasteiger partial charge in [0, 0.05) is 29.2 Å². The van der Waals surface area contributed by atoms with Crippen LogP contribution in [0, 0.1) is 5.92 Å². The monoisotopic (exact) mass is 362 g/mol. The molecule has 2 fully saturated rings. The van der Waals surface area contributed by atoms with Crippen LogP contribution in [0.25, 0.3) is 0 Å². The second-order valence-corrected chi connectivity index (χ2v) is 8.95. The van der Waals surface area contributed by atoms with Gasteiger partial charge in [0.2, 0.25) is 10.0 Å². The summed E-state index contributed by atoms with van der Waals surface area (Å²) in [5.41, 5.74) is 0. The van der Waals surface area contributed by atoms with Crippen LogP contribution < -0.4 is 5.32 Å². The van der Waals surface area contributed by atoms with E-state index in [0.29, 0.717) is 29.2 Å². The van der Waals surface area contributed by atoms with Crippen LogP contribution in [-0.2, 0) is 10.0 Å². The van der Waals surface area contributed by atoms with E-state index in [-0.39, 0.29) is 4.90 Å². The summed E-state index contributed by atoms with van der Waals surface area (Å²) in [6.45, 7) is 2.14. The molecule has 1 heterocycles. The zero-order valence-electron chi connectivity index (χ0n) is 12.3. The van der Waals surface area contributed by atoms with Crippen molar-refractivity contribution in [3.8, 4) is 0 Å². The minimum Gasteiger partial charge on any atom is -0.314 e. The zero-order chi connectivity index (χ0) is 15.7. The largest absolute Gasteiger partial charge is 0.314 e. The van der Waals surface area contributed by atoms with Gasteiger partial charge in [-0.3, -0.25) is 0 Å². The van der Waals surface area contributed by atoms with Crippen molar-refractivity contribution in [1.29, 1.82) is 0 Å². The van der Waals surface area contributed by atoms with Crippen molar-refractivity contribution < 1.29 is 8.42 Å². The van der Waals surface area contributed by atoms with Crippen LogP contribution in [0.3, 0.4) is 0 Å². The van der Waals surface area contributed by atoms with Gasteiger partial charge in [-0.05, 0) is 56.3 Å². The van der Waals surface area contributed by atoms with Crippen molar-refractivity contribution in [2.75, 3.05) is 19.6 Å². The Morgan fingerprint density at radius 2 is 1.64 bits per heavy atom.